The normalized spacial score (nSPS) is 11.1. The molecule has 1 amide bonds. The molecule has 0 bridgehead atoms. The molecule has 0 saturated carbocycles. The van der Waals surface area contributed by atoms with Gasteiger partial charge in [-0.2, -0.15) is 18.4 Å². The van der Waals surface area contributed by atoms with E-state index in [1.807, 2.05) is 6.07 Å². The number of furan rings is 1. The highest BCUT2D eigenvalue weighted by Crippen LogP contribution is 2.29. The molecule has 0 radical (unpaired) electrons. The average molecular weight is 336 g/mol. The van der Waals surface area contributed by atoms with Crippen molar-refractivity contribution in [2.45, 2.75) is 25.6 Å². The topological polar surface area (TPSA) is 57.2 Å². The van der Waals surface area contributed by atoms with Gasteiger partial charge in [0.1, 0.15) is 5.76 Å². The van der Waals surface area contributed by atoms with Gasteiger partial charge in [-0.1, -0.05) is 12.1 Å². The highest BCUT2D eigenvalue weighted by atomic mass is 19.4. The fourth-order valence-corrected chi connectivity index (χ4v) is 2.17. The summed E-state index contributed by atoms with van der Waals surface area (Å²) >= 11 is 0. The molecule has 0 unspecified atom stereocenters. The van der Waals surface area contributed by atoms with E-state index in [4.69, 9.17) is 9.68 Å². The molecule has 0 atom stereocenters. The van der Waals surface area contributed by atoms with Crippen LogP contribution in [0.2, 0.25) is 0 Å². The van der Waals surface area contributed by atoms with Gasteiger partial charge in [0.05, 0.1) is 37.3 Å². The molecular formula is C17H15F3N2O2. The highest BCUT2D eigenvalue weighted by molar-refractivity contribution is 5.78. The molecule has 2 aromatic rings. The summed E-state index contributed by atoms with van der Waals surface area (Å²) in [6, 6.07) is 9.86. The van der Waals surface area contributed by atoms with Gasteiger partial charge < -0.3 is 9.32 Å². The van der Waals surface area contributed by atoms with Crippen LogP contribution in [0.1, 0.15) is 23.3 Å². The van der Waals surface area contributed by atoms with Gasteiger partial charge in [0.25, 0.3) is 0 Å². The van der Waals surface area contributed by atoms with Crippen LogP contribution in [0.25, 0.3) is 0 Å². The molecule has 0 saturated heterocycles. The Labute approximate surface area is 137 Å². The molecule has 0 aliphatic heterocycles. The van der Waals surface area contributed by atoms with Crippen LogP contribution in [0.15, 0.2) is 47.1 Å². The van der Waals surface area contributed by atoms with Crippen molar-refractivity contribution in [1.82, 2.24) is 4.90 Å². The number of hydrogen-bond acceptors (Lipinski definition) is 3. The number of amides is 1. The molecule has 1 aromatic heterocycles. The molecular weight excluding hydrogens is 321 g/mol. The number of benzene rings is 1. The zero-order valence-corrected chi connectivity index (χ0v) is 12.7. The summed E-state index contributed by atoms with van der Waals surface area (Å²) in [6.45, 7) is 0.449. The first-order chi connectivity index (χ1) is 11.4. The van der Waals surface area contributed by atoms with E-state index >= 15 is 0 Å². The number of halogens is 3. The van der Waals surface area contributed by atoms with Crippen LogP contribution in [0.5, 0.6) is 0 Å². The van der Waals surface area contributed by atoms with Gasteiger partial charge in [-0.25, -0.2) is 0 Å². The molecule has 7 heteroatoms. The van der Waals surface area contributed by atoms with Gasteiger partial charge in [-0.05, 0) is 29.8 Å². The Hall–Kier alpha value is -2.75. The van der Waals surface area contributed by atoms with Crippen molar-refractivity contribution < 1.29 is 22.4 Å². The average Bonchev–Trinajstić information content (AvgIpc) is 3.04. The molecule has 0 N–H and O–H groups in total. The molecule has 4 nitrogen and oxygen atoms in total. The van der Waals surface area contributed by atoms with Crippen molar-refractivity contribution >= 4 is 5.91 Å². The maximum atomic E-state index is 12.5. The van der Waals surface area contributed by atoms with Gasteiger partial charge in [0, 0.05) is 6.54 Å². The van der Waals surface area contributed by atoms with Crippen molar-refractivity contribution in [3.63, 3.8) is 0 Å². The van der Waals surface area contributed by atoms with Crippen LogP contribution < -0.4 is 0 Å². The molecule has 0 spiro atoms. The number of alkyl halides is 3. The first-order valence-corrected chi connectivity index (χ1v) is 7.23. The monoisotopic (exact) mass is 336 g/mol. The minimum atomic E-state index is -4.40. The molecule has 0 fully saturated rings. The standard InChI is InChI=1S/C17H15F3N2O2/c18-17(19,20)14-6-4-13(5-7-14)11-16(23)22(9-2-8-21)12-15-3-1-10-24-15/h1,3-7,10H,2,9,11-12H2. The minimum Gasteiger partial charge on any atom is -0.467 e. The number of carbonyl (C=O) groups excluding carboxylic acids is 1. The van der Waals surface area contributed by atoms with E-state index in [1.54, 1.807) is 12.1 Å². The third-order valence-electron chi connectivity index (χ3n) is 3.41. The fourth-order valence-electron chi connectivity index (χ4n) is 2.17. The van der Waals surface area contributed by atoms with E-state index in [2.05, 4.69) is 0 Å². The number of carbonyl (C=O) groups is 1. The first kappa shape index (κ1) is 17.6. The molecule has 2 rings (SSSR count). The van der Waals surface area contributed by atoms with Gasteiger partial charge in [0.2, 0.25) is 5.91 Å². The van der Waals surface area contributed by atoms with Crippen molar-refractivity contribution in [2.75, 3.05) is 6.54 Å². The summed E-state index contributed by atoms with van der Waals surface area (Å²) < 4.78 is 42.8. The van der Waals surface area contributed by atoms with E-state index < -0.39 is 11.7 Å². The fraction of sp³-hybridized carbons (Fsp3) is 0.294. The van der Waals surface area contributed by atoms with Crippen molar-refractivity contribution in [3.05, 3.63) is 59.5 Å². The van der Waals surface area contributed by atoms with Crippen LogP contribution in [0, 0.1) is 11.3 Å². The SMILES string of the molecule is N#CCCN(Cc1ccco1)C(=O)Cc1ccc(C(F)(F)F)cc1. The van der Waals surface area contributed by atoms with Crippen molar-refractivity contribution in [3.8, 4) is 6.07 Å². The summed E-state index contributed by atoms with van der Waals surface area (Å²) in [5, 5.41) is 8.70. The zero-order chi connectivity index (χ0) is 17.6. The summed E-state index contributed by atoms with van der Waals surface area (Å²) in [5.74, 6) is 0.301. The second-order valence-corrected chi connectivity index (χ2v) is 5.17. The van der Waals surface area contributed by atoms with Gasteiger partial charge in [-0.3, -0.25) is 4.79 Å². The quantitative estimate of drug-likeness (QED) is 0.806. The summed E-state index contributed by atoms with van der Waals surface area (Å²) in [5.41, 5.74) is -0.273. The summed E-state index contributed by atoms with van der Waals surface area (Å²) in [6.07, 6.45) is -2.79. The number of rotatable bonds is 6. The van der Waals surface area contributed by atoms with Gasteiger partial charge in [0.15, 0.2) is 0 Å². The smallest absolute Gasteiger partial charge is 0.416 e. The Morgan fingerprint density at radius 3 is 2.46 bits per heavy atom. The number of hydrogen-bond donors (Lipinski definition) is 0. The molecule has 1 heterocycles. The Morgan fingerprint density at radius 2 is 1.92 bits per heavy atom. The largest absolute Gasteiger partial charge is 0.467 e. The summed E-state index contributed by atoms with van der Waals surface area (Å²) in [4.78, 5) is 13.8. The van der Waals surface area contributed by atoms with Crippen LogP contribution in [-0.4, -0.2) is 17.4 Å². The Bertz CT molecular complexity index is 701. The van der Waals surface area contributed by atoms with Gasteiger partial charge >= 0.3 is 6.18 Å². The third kappa shape index (κ3) is 4.88. The molecule has 126 valence electrons. The lowest BCUT2D eigenvalue weighted by Gasteiger charge is -2.20. The predicted octanol–water partition coefficient (Wildman–Crippen LogP) is 3.78. The summed E-state index contributed by atoms with van der Waals surface area (Å²) in [7, 11) is 0. The molecule has 24 heavy (non-hydrogen) atoms. The van der Waals surface area contributed by atoms with E-state index in [0.717, 1.165) is 12.1 Å². The molecule has 0 aliphatic carbocycles. The number of nitriles is 1. The maximum absolute atomic E-state index is 12.5. The first-order valence-electron chi connectivity index (χ1n) is 7.23. The molecule has 1 aromatic carbocycles. The number of nitrogens with zero attached hydrogens (tertiary/aromatic N) is 2. The second-order valence-electron chi connectivity index (χ2n) is 5.17. The zero-order valence-electron chi connectivity index (χ0n) is 12.7. The van der Waals surface area contributed by atoms with E-state index in [0.29, 0.717) is 11.3 Å². The Kier molecular flexibility index (Phi) is 5.64. The van der Waals surface area contributed by atoms with E-state index in [1.165, 1.54) is 23.3 Å². The Morgan fingerprint density at radius 1 is 1.21 bits per heavy atom. The Balaban J connectivity index is 2.05. The predicted molar refractivity (Wildman–Crippen MR) is 79.5 cm³/mol. The maximum Gasteiger partial charge on any atom is 0.416 e. The van der Waals surface area contributed by atoms with Gasteiger partial charge in [-0.15, -0.1) is 0 Å². The van der Waals surface area contributed by atoms with E-state index in [-0.39, 0.29) is 31.8 Å². The second kappa shape index (κ2) is 7.68. The van der Waals surface area contributed by atoms with Crippen LogP contribution in [-0.2, 0) is 23.9 Å². The third-order valence-corrected chi connectivity index (χ3v) is 3.41. The minimum absolute atomic E-state index is 0.0374. The van der Waals surface area contributed by atoms with Crippen LogP contribution in [0.4, 0.5) is 13.2 Å². The van der Waals surface area contributed by atoms with Crippen LogP contribution in [0.3, 0.4) is 0 Å². The van der Waals surface area contributed by atoms with E-state index in [9.17, 15) is 18.0 Å². The lowest BCUT2D eigenvalue weighted by atomic mass is 10.1. The highest BCUT2D eigenvalue weighted by Gasteiger charge is 2.30. The van der Waals surface area contributed by atoms with Crippen molar-refractivity contribution in [2.24, 2.45) is 0 Å². The van der Waals surface area contributed by atoms with Crippen LogP contribution >= 0.6 is 0 Å². The molecule has 0 aliphatic rings. The lowest BCUT2D eigenvalue weighted by molar-refractivity contribution is -0.137. The van der Waals surface area contributed by atoms with Crippen molar-refractivity contribution in [1.29, 1.82) is 5.26 Å². The lowest BCUT2D eigenvalue weighted by Crippen LogP contribution is -2.32.